The first kappa shape index (κ1) is 53.8. The predicted molar refractivity (Wildman–Crippen MR) is 226 cm³/mol. The standard InChI is InChI=1S/C44H88BNO9/c1-4-7-10-13-16-17-18-24-31-38-54-42(49)40(47)34-28-30-37-46(44(52,53)43(45,50)51)36-29-23-19-22-27-35-41(48)55-39(32-25-20-14-11-8-5-2)33-26-21-15-12-9-6-3/h39-40,47,50-53H,4-38,45H2,1-3H3. The molecule has 0 aliphatic heterocycles. The second-order valence-corrected chi connectivity index (χ2v) is 16.4. The fourth-order valence-electron chi connectivity index (χ4n) is 7.08. The van der Waals surface area contributed by atoms with Gasteiger partial charge in [0.05, 0.1) is 6.61 Å². The van der Waals surface area contributed by atoms with E-state index in [9.17, 15) is 35.1 Å². The number of hydrogen-bond donors (Lipinski definition) is 5. The molecule has 0 bridgehead atoms. The number of hydrogen-bond acceptors (Lipinski definition) is 10. The van der Waals surface area contributed by atoms with Crippen LogP contribution in [0.5, 0.6) is 0 Å². The summed E-state index contributed by atoms with van der Waals surface area (Å²) >= 11 is 0. The summed E-state index contributed by atoms with van der Waals surface area (Å²) in [4.78, 5) is 26.2. The number of esters is 2. The number of aliphatic hydroxyl groups excluding tert-OH is 1. The summed E-state index contributed by atoms with van der Waals surface area (Å²) in [6.45, 7) is 7.32. The predicted octanol–water partition coefficient (Wildman–Crippen LogP) is 8.56. The molecule has 0 spiro atoms. The van der Waals surface area contributed by atoms with E-state index in [1.165, 1.54) is 108 Å². The lowest BCUT2D eigenvalue weighted by Crippen LogP contribution is -2.65. The first-order valence-electron chi connectivity index (χ1n) is 23.1. The van der Waals surface area contributed by atoms with Gasteiger partial charge in [0, 0.05) is 19.5 Å². The van der Waals surface area contributed by atoms with E-state index in [1.54, 1.807) is 0 Å². The normalized spacial score (nSPS) is 12.8. The summed E-state index contributed by atoms with van der Waals surface area (Å²) in [5.41, 5.74) is -2.77. The van der Waals surface area contributed by atoms with E-state index in [0.29, 0.717) is 32.3 Å². The Hall–Kier alpha value is -1.24. The molecule has 0 amide bonds. The summed E-state index contributed by atoms with van der Waals surface area (Å²) < 4.78 is 11.2. The summed E-state index contributed by atoms with van der Waals surface area (Å²) in [6, 6.07) is 0. The Bertz CT molecular complexity index is 870. The second kappa shape index (κ2) is 35.9. The maximum absolute atomic E-state index is 12.7. The van der Waals surface area contributed by atoms with Crippen molar-refractivity contribution in [3.05, 3.63) is 0 Å². The molecule has 1 atom stereocenters. The molecule has 0 aromatic heterocycles. The van der Waals surface area contributed by atoms with Crippen LogP contribution in [0.25, 0.3) is 0 Å². The summed E-state index contributed by atoms with van der Waals surface area (Å²) in [7, 11) is 0.929. The molecule has 55 heavy (non-hydrogen) atoms. The smallest absolute Gasteiger partial charge is 0.334 e. The van der Waals surface area contributed by atoms with Gasteiger partial charge in [-0.25, -0.2) is 9.69 Å². The van der Waals surface area contributed by atoms with Gasteiger partial charge in [0.1, 0.15) is 6.10 Å². The topological polar surface area (TPSA) is 157 Å². The van der Waals surface area contributed by atoms with E-state index in [1.807, 2.05) is 0 Å². The summed E-state index contributed by atoms with van der Waals surface area (Å²) in [5.74, 6) is -3.62. The Labute approximate surface area is 338 Å². The van der Waals surface area contributed by atoms with E-state index in [4.69, 9.17) is 9.47 Å². The van der Waals surface area contributed by atoms with Crippen LogP contribution >= 0.6 is 0 Å². The van der Waals surface area contributed by atoms with Crippen LogP contribution in [0, 0.1) is 0 Å². The molecule has 0 saturated heterocycles. The van der Waals surface area contributed by atoms with Crippen molar-refractivity contribution < 1.29 is 44.6 Å². The van der Waals surface area contributed by atoms with E-state index in [-0.39, 0.29) is 31.6 Å². The fraction of sp³-hybridized carbons (Fsp3) is 0.955. The van der Waals surface area contributed by atoms with Crippen LogP contribution in [0.1, 0.15) is 226 Å². The highest BCUT2D eigenvalue weighted by Gasteiger charge is 2.47. The highest BCUT2D eigenvalue weighted by atomic mass is 16.6. The lowest BCUT2D eigenvalue weighted by molar-refractivity contribution is -0.379. The Morgan fingerprint density at radius 3 is 1.40 bits per heavy atom. The zero-order chi connectivity index (χ0) is 41.0. The third-order valence-corrected chi connectivity index (χ3v) is 10.9. The second-order valence-electron chi connectivity index (χ2n) is 16.4. The molecule has 0 fully saturated rings. The van der Waals surface area contributed by atoms with Crippen LogP contribution in [-0.2, 0) is 19.1 Å². The molecular formula is C44H88BNO9. The maximum Gasteiger partial charge on any atom is 0.334 e. The lowest BCUT2D eigenvalue weighted by Gasteiger charge is -2.41. The monoisotopic (exact) mass is 786 g/mol. The van der Waals surface area contributed by atoms with E-state index in [0.717, 1.165) is 78.5 Å². The number of unbranched alkanes of at least 4 members (excludes halogenated alkanes) is 23. The van der Waals surface area contributed by atoms with E-state index in [2.05, 4.69) is 20.8 Å². The quantitative estimate of drug-likeness (QED) is 0.0176. The minimum Gasteiger partial charge on any atom is -0.464 e. The van der Waals surface area contributed by atoms with Gasteiger partial charge in [-0.05, 0) is 64.2 Å². The van der Waals surface area contributed by atoms with Crippen molar-refractivity contribution in [2.75, 3.05) is 19.7 Å². The van der Waals surface area contributed by atoms with Crippen molar-refractivity contribution >= 4 is 19.8 Å². The third-order valence-electron chi connectivity index (χ3n) is 10.9. The molecule has 10 nitrogen and oxygen atoms in total. The highest BCUT2D eigenvalue weighted by molar-refractivity contribution is 6.13. The van der Waals surface area contributed by atoms with Crippen LogP contribution in [0.15, 0.2) is 0 Å². The minimum atomic E-state index is -2.87. The van der Waals surface area contributed by atoms with Gasteiger partial charge in [0.25, 0.3) is 5.91 Å². The van der Waals surface area contributed by atoms with Crippen molar-refractivity contribution in [2.24, 2.45) is 0 Å². The van der Waals surface area contributed by atoms with E-state index < -0.39 is 23.7 Å². The van der Waals surface area contributed by atoms with Gasteiger partial charge >= 0.3 is 11.9 Å². The zero-order valence-electron chi connectivity index (χ0n) is 36.2. The Morgan fingerprint density at radius 2 is 0.927 bits per heavy atom. The number of ether oxygens (including phenoxy) is 2. The van der Waals surface area contributed by atoms with Crippen LogP contribution < -0.4 is 0 Å². The van der Waals surface area contributed by atoms with Crippen molar-refractivity contribution in [3.8, 4) is 0 Å². The molecule has 0 aromatic rings. The summed E-state index contributed by atoms with van der Waals surface area (Å²) in [6.07, 6.45) is 31.1. The van der Waals surface area contributed by atoms with Crippen molar-refractivity contribution in [3.63, 3.8) is 0 Å². The molecule has 326 valence electrons. The molecule has 0 aliphatic carbocycles. The van der Waals surface area contributed by atoms with Crippen molar-refractivity contribution in [1.29, 1.82) is 0 Å². The molecule has 1 unspecified atom stereocenters. The van der Waals surface area contributed by atoms with Crippen LogP contribution in [0.3, 0.4) is 0 Å². The van der Waals surface area contributed by atoms with Gasteiger partial charge in [0.15, 0.2) is 19.6 Å². The molecule has 0 heterocycles. The molecule has 0 aliphatic rings. The molecule has 0 aromatic carbocycles. The number of carbonyl (C=O) groups is 2. The molecule has 5 N–H and O–H groups in total. The number of carbonyl (C=O) groups excluding carboxylic acids is 2. The molecule has 0 saturated carbocycles. The Balaban J connectivity index is 4.47. The molecule has 0 rings (SSSR count). The summed E-state index contributed by atoms with van der Waals surface area (Å²) in [5, 5.41) is 51.6. The Morgan fingerprint density at radius 1 is 0.545 bits per heavy atom. The molecule has 11 heteroatoms. The zero-order valence-corrected chi connectivity index (χ0v) is 36.2. The first-order valence-corrected chi connectivity index (χ1v) is 23.1. The molecular weight excluding hydrogens is 697 g/mol. The van der Waals surface area contributed by atoms with Gasteiger partial charge in [-0.3, -0.25) is 4.79 Å². The minimum absolute atomic E-state index is 0.0169. The number of nitrogens with zero attached hydrogens (tertiary/aromatic N) is 1. The third kappa shape index (κ3) is 30.5. The fourth-order valence-corrected chi connectivity index (χ4v) is 7.08. The van der Waals surface area contributed by atoms with Gasteiger partial charge in [0.2, 0.25) is 0 Å². The molecule has 0 radical (unpaired) electrons. The van der Waals surface area contributed by atoms with Crippen molar-refractivity contribution in [1.82, 2.24) is 4.90 Å². The van der Waals surface area contributed by atoms with Crippen molar-refractivity contribution in [2.45, 2.75) is 250 Å². The largest absolute Gasteiger partial charge is 0.464 e. The van der Waals surface area contributed by atoms with Gasteiger partial charge in [-0.15, -0.1) is 0 Å². The SMILES string of the molecule is BC(O)(O)C(O)(O)N(CCCCCCCC(=O)OC(CCCCCCCC)CCCCCCCC)CCCCC(O)C(=O)OCCCCCCCCCCC. The van der Waals surface area contributed by atoms with Crippen LogP contribution in [0.2, 0.25) is 0 Å². The van der Waals surface area contributed by atoms with Gasteiger partial charge < -0.3 is 35.0 Å². The number of rotatable bonds is 41. The maximum atomic E-state index is 12.7. The van der Waals surface area contributed by atoms with Gasteiger partial charge in [-0.1, -0.05) is 156 Å². The van der Waals surface area contributed by atoms with Crippen LogP contribution in [0.4, 0.5) is 0 Å². The van der Waals surface area contributed by atoms with E-state index >= 15 is 0 Å². The average Bonchev–Trinajstić information content (AvgIpc) is 3.14. The lowest BCUT2D eigenvalue weighted by atomic mass is 9.89. The first-order chi connectivity index (χ1) is 26.4. The van der Waals surface area contributed by atoms with Gasteiger partial charge in [-0.2, -0.15) is 0 Å². The van der Waals surface area contributed by atoms with Crippen LogP contribution in [-0.4, -0.2) is 93.7 Å². The Kier molecular flexibility index (Phi) is 35.1. The number of aliphatic hydroxyl groups is 5. The average molecular weight is 786 g/mol. The highest BCUT2D eigenvalue weighted by Crippen LogP contribution is 2.22.